The van der Waals surface area contributed by atoms with Crippen LogP contribution in [0.25, 0.3) is 33.2 Å². The number of aromatic nitrogens is 2. The third-order valence-electron chi connectivity index (χ3n) is 6.37. The molecule has 0 bridgehead atoms. The van der Waals surface area contributed by atoms with Crippen molar-refractivity contribution in [3.8, 4) is 28.0 Å². The number of carbonyl (C=O) groups excluding carboxylic acids is 1. The minimum absolute atomic E-state index is 0.0833. The predicted octanol–water partition coefficient (Wildman–Crippen LogP) is 5.28. The minimum atomic E-state index is -0.507. The van der Waals surface area contributed by atoms with E-state index in [-0.39, 0.29) is 16.3 Å². The highest BCUT2D eigenvalue weighted by atomic mass is 35.5. The molecule has 1 amide bonds. The van der Waals surface area contributed by atoms with Crippen LogP contribution in [0.4, 0.5) is 15.8 Å². The van der Waals surface area contributed by atoms with Crippen molar-refractivity contribution < 1.29 is 14.3 Å². The van der Waals surface area contributed by atoms with Crippen LogP contribution in [0.3, 0.4) is 0 Å². The number of hydrogen-bond acceptors (Lipinski definition) is 6. The monoisotopic (exact) mass is 532 g/mol. The molecule has 4 aromatic rings. The van der Waals surface area contributed by atoms with Gasteiger partial charge in [0.15, 0.2) is 0 Å². The second-order valence-corrected chi connectivity index (χ2v) is 9.56. The Hall–Kier alpha value is -4.37. The molecule has 38 heavy (non-hydrogen) atoms. The van der Waals surface area contributed by atoms with Crippen LogP contribution in [-0.4, -0.2) is 66.6 Å². The number of amides is 1. The van der Waals surface area contributed by atoms with Crippen molar-refractivity contribution in [3.63, 3.8) is 0 Å². The number of benzene rings is 3. The molecule has 2 heterocycles. The molecule has 1 aromatic heterocycles. The number of aromatic hydroxyl groups is 1. The second kappa shape index (κ2) is 10.5. The Morgan fingerprint density at radius 2 is 1.89 bits per heavy atom. The lowest BCUT2D eigenvalue weighted by Crippen LogP contribution is -2.31. The Labute approximate surface area is 224 Å². The van der Waals surface area contributed by atoms with Crippen LogP contribution in [0.1, 0.15) is 0 Å². The quantitative estimate of drug-likeness (QED) is 0.316. The maximum absolute atomic E-state index is 15.0. The molecule has 0 saturated carbocycles. The molecule has 0 atom stereocenters. The Morgan fingerprint density at radius 3 is 2.58 bits per heavy atom. The van der Waals surface area contributed by atoms with Gasteiger partial charge in [0, 0.05) is 61.5 Å². The molecule has 0 saturated heterocycles. The van der Waals surface area contributed by atoms with E-state index in [1.165, 1.54) is 17.0 Å². The molecule has 0 fully saturated rings. The number of H-pyrrole nitrogens is 1. The van der Waals surface area contributed by atoms with Crippen molar-refractivity contribution in [2.45, 2.75) is 0 Å². The van der Waals surface area contributed by atoms with Crippen molar-refractivity contribution in [3.05, 3.63) is 71.9 Å². The Balaban J connectivity index is 1.58. The number of aromatic amines is 1. The van der Waals surface area contributed by atoms with E-state index in [9.17, 15) is 14.3 Å². The first-order valence-electron chi connectivity index (χ1n) is 12.0. The summed E-state index contributed by atoms with van der Waals surface area (Å²) < 4.78 is 15.0. The van der Waals surface area contributed by atoms with Gasteiger partial charge in [-0.15, -0.1) is 0 Å². The number of carbonyl (C=O) groups is 1. The first-order valence-corrected chi connectivity index (χ1v) is 12.3. The number of rotatable bonds is 7. The summed E-state index contributed by atoms with van der Waals surface area (Å²) in [7, 11) is 3.67. The van der Waals surface area contributed by atoms with Crippen LogP contribution < -0.4 is 9.80 Å². The van der Waals surface area contributed by atoms with E-state index in [0.29, 0.717) is 41.9 Å². The Kier molecular flexibility index (Phi) is 7.02. The molecule has 8 nitrogen and oxygen atoms in total. The molecule has 194 valence electrons. The van der Waals surface area contributed by atoms with Gasteiger partial charge in [-0.05, 0) is 47.5 Å². The van der Waals surface area contributed by atoms with Crippen LogP contribution in [0.5, 0.6) is 5.75 Å². The lowest BCUT2D eigenvalue weighted by molar-refractivity contribution is -0.106. The van der Waals surface area contributed by atoms with Gasteiger partial charge in [0.1, 0.15) is 11.6 Å². The van der Waals surface area contributed by atoms with Gasteiger partial charge in [0.05, 0.1) is 35.5 Å². The number of fused-ring (bicyclic) bond motifs is 1. The fourth-order valence-corrected chi connectivity index (χ4v) is 4.76. The number of phenols is 1. The molecular formula is C28H26ClFN6O2. The van der Waals surface area contributed by atoms with Gasteiger partial charge in [0.2, 0.25) is 6.41 Å². The van der Waals surface area contributed by atoms with Gasteiger partial charge in [-0.2, -0.15) is 5.10 Å². The van der Waals surface area contributed by atoms with Gasteiger partial charge in [-0.25, -0.2) is 4.39 Å². The van der Waals surface area contributed by atoms with Gasteiger partial charge in [-0.1, -0.05) is 17.7 Å². The van der Waals surface area contributed by atoms with E-state index >= 15 is 0 Å². The fourth-order valence-electron chi connectivity index (χ4n) is 4.49. The molecule has 0 radical (unpaired) electrons. The zero-order chi connectivity index (χ0) is 26.8. The van der Waals surface area contributed by atoms with E-state index in [2.05, 4.69) is 20.1 Å². The van der Waals surface area contributed by atoms with Gasteiger partial charge >= 0.3 is 0 Å². The molecule has 0 unspecified atom stereocenters. The van der Waals surface area contributed by atoms with Crippen LogP contribution in [-0.2, 0) is 4.79 Å². The Morgan fingerprint density at radius 1 is 1.11 bits per heavy atom. The largest absolute Gasteiger partial charge is 0.507 e. The SMILES string of the molecule is CN(C)/C=C\N(C=O)c1ccc(-c2cc(F)cc(-c3cc(N4CC=NCC4)c4cn[nH]c4c3)c2O)cc1Cl. The maximum atomic E-state index is 15.0. The molecule has 10 heteroatoms. The summed E-state index contributed by atoms with van der Waals surface area (Å²) in [5.41, 5.74) is 3.93. The van der Waals surface area contributed by atoms with Crippen LogP contribution in [0.15, 0.2) is 66.1 Å². The number of hydrogen-bond donors (Lipinski definition) is 2. The molecule has 1 aliphatic rings. The van der Waals surface area contributed by atoms with E-state index in [4.69, 9.17) is 11.6 Å². The van der Waals surface area contributed by atoms with E-state index in [1.54, 1.807) is 41.7 Å². The normalized spacial score (nSPS) is 13.4. The predicted molar refractivity (Wildman–Crippen MR) is 151 cm³/mol. The van der Waals surface area contributed by atoms with Crippen LogP contribution >= 0.6 is 11.6 Å². The standard InChI is InChI=1S/C28H26ClFN6O2/c1-34(2)9-10-36(17-37)26-4-3-18(11-24(26)29)21-14-20(30)15-22(28(21)38)19-12-25-23(16-32-33-25)27(13-19)35-7-5-31-6-8-35/h3-5,9-17,38H,6-8H2,1-2H3,(H,32,33)/b10-9-. The molecule has 1 aliphatic heterocycles. The zero-order valence-electron chi connectivity index (χ0n) is 20.9. The number of nitrogens with zero attached hydrogens (tertiary/aromatic N) is 5. The minimum Gasteiger partial charge on any atom is -0.507 e. The van der Waals surface area contributed by atoms with Crippen molar-refractivity contribution in [2.24, 2.45) is 4.99 Å². The van der Waals surface area contributed by atoms with E-state index < -0.39 is 5.82 Å². The summed E-state index contributed by atoms with van der Waals surface area (Å²) in [6.45, 7) is 2.08. The zero-order valence-corrected chi connectivity index (χ0v) is 21.7. The third-order valence-corrected chi connectivity index (χ3v) is 6.67. The summed E-state index contributed by atoms with van der Waals surface area (Å²) in [5, 5.41) is 19.7. The van der Waals surface area contributed by atoms with Gasteiger partial charge in [-0.3, -0.25) is 19.8 Å². The maximum Gasteiger partial charge on any atom is 0.218 e. The van der Waals surface area contributed by atoms with E-state index in [0.717, 1.165) is 23.1 Å². The summed E-state index contributed by atoms with van der Waals surface area (Å²) in [4.78, 5) is 21.2. The summed E-state index contributed by atoms with van der Waals surface area (Å²) in [6.07, 6.45) is 7.58. The molecular weight excluding hydrogens is 507 g/mol. The highest BCUT2D eigenvalue weighted by Gasteiger charge is 2.20. The van der Waals surface area contributed by atoms with Crippen LogP contribution in [0.2, 0.25) is 5.02 Å². The number of halogens is 2. The number of aliphatic imine (C=N–C) groups is 1. The van der Waals surface area contributed by atoms with Crippen molar-refractivity contribution in [1.29, 1.82) is 0 Å². The highest BCUT2D eigenvalue weighted by molar-refractivity contribution is 6.34. The molecule has 3 aromatic carbocycles. The topological polar surface area (TPSA) is 88.1 Å². The summed E-state index contributed by atoms with van der Waals surface area (Å²) in [6, 6.07) is 11.3. The van der Waals surface area contributed by atoms with Crippen molar-refractivity contribution >= 4 is 46.5 Å². The van der Waals surface area contributed by atoms with Crippen molar-refractivity contribution in [2.75, 3.05) is 43.5 Å². The smallest absolute Gasteiger partial charge is 0.218 e. The van der Waals surface area contributed by atoms with Crippen LogP contribution in [0, 0.1) is 5.82 Å². The van der Waals surface area contributed by atoms with Gasteiger partial charge in [0.25, 0.3) is 0 Å². The molecule has 5 rings (SSSR count). The summed E-state index contributed by atoms with van der Waals surface area (Å²) in [5.74, 6) is -0.590. The van der Waals surface area contributed by atoms with E-state index in [1.807, 2.05) is 32.4 Å². The lowest BCUT2D eigenvalue weighted by Gasteiger charge is -2.26. The Bertz CT molecular complexity index is 1560. The number of phenolic OH excluding ortho intramolecular Hbond substituents is 1. The first kappa shape index (κ1) is 25.3. The molecule has 2 N–H and O–H groups in total. The first-order chi connectivity index (χ1) is 18.4. The third kappa shape index (κ3) is 4.92. The van der Waals surface area contributed by atoms with Gasteiger partial charge < -0.3 is 14.9 Å². The van der Waals surface area contributed by atoms with Crippen molar-refractivity contribution in [1.82, 2.24) is 15.1 Å². The molecule has 0 aliphatic carbocycles. The average Bonchev–Trinajstić information content (AvgIpc) is 3.39. The summed E-state index contributed by atoms with van der Waals surface area (Å²) >= 11 is 6.53. The lowest BCUT2D eigenvalue weighted by atomic mass is 9.95. The number of anilines is 2. The second-order valence-electron chi connectivity index (χ2n) is 9.15. The number of nitrogens with one attached hydrogen (secondary N) is 1. The average molecular weight is 533 g/mol. The molecule has 0 spiro atoms. The fraction of sp³-hybridized carbons (Fsp3) is 0.179. The highest BCUT2D eigenvalue weighted by Crippen LogP contribution is 2.43.